The first kappa shape index (κ1) is 14.5. The molecule has 2 N–H and O–H groups in total. The number of hydrogen-bond donors (Lipinski definition) is 2. The molecule has 0 aliphatic carbocycles. The van der Waals surface area contributed by atoms with Crippen molar-refractivity contribution in [3.63, 3.8) is 0 Å². The third-order valence-corrected chi connectivity index (χ3v) is 3.15. The molecule has 5 nitrogen and oxygen atoms in total. The van der Waals surface area contributed by atoms with Crippen molar-refractivity contribution in [1.29, 1.82) is 0 Å². The van der Waals surface area contributed by atoms with Gasteiger partial charge >= 0.3 is 0 Å². The molecule has 0 aromatic carbocycles. The summed E-state index contributed by atoms with van der Waals surface area (Å²) in [6.45, 7) is -1.34. The fraction of sp³-hybridized carbons (Fsp3) is 0.300. The highest BCUT2D eigenvalue weighted by Crippen LogP contribution is 2.09. The van der Waals surface area contributed by atoms with Gasteiger partial charge in [-0.2, -0.15) is 0 Å². The maximum Gasteiger partial charge on any atom is 0.251 e. The molecule has 1 heterocycles. The summed E-state index contributed by atoms with van der Waals surface area (Å²) in [6.07, 6.45) is -0.447. The van der Waals surface area contributed by atoms with Crippen LogP contribution >= 0.6 is 0 Å². The molecular weight excluding hydrogens is 266 g/mol. The number of aliphatic hydroxyl groups excluding tert-OH is 1. The van der Waals surface area contributed by atoms with Crippen LogP contribution in [-0.4, -0.2) is 38.1 Å². The van der Waals surface area contributed by atoms with Crippen molar-refractivity contribution in [2.45, 2.75) is 11.3 Å². The molecule has 98 valence electrons. The van der Waals surface area contributed by atoms with Gasteiger partial charge in [-0.25, -0.2) is 21.9 Å². The standard InChI is InChI=1S/C10H10F2N2O3S/c11-10(12)7-14-18(16,17)9-4-8(2-1-3-15)5-13-6-9/h4-6,10,14-15H,3,7H2. The van der Waals surface area contributed by atoms with Crippen LogP contribution in [0.2, 0.25) is 0 Å². The molecule has 0 saturated heterocycles. The second-order valence-corrected chi connectivity index (χ2v) is 4.88. The van der Waals surface area contributed by atoms with E-state index >= 15 is 0 Å². The Hall–Kier alpha value is -1.56. The Morgan fingerprint density at radius 2 is 2.17 bits per heavy atom. The predicted octanol–water partition coefficient (Wildman–Crippen LogP) is -0.0312. The lowest BCUT2D eigenvalue weighted by Gasteiger charge is -2.05. The Morgan fingerprint density at radius 3 is 2.78 bits per heavy atom. The van der Waals surface area contributed by atoms with E-state index in [0.717, 1.165) is 6.20 Å². The maximum absolute atomic E-state index is 11.9. The van der Waals surface area contributed by atoms with Crippen LogP contribution in [0.25, 0.3) is 0 Å². The Bertz CT molecular complexity index is 564. The van der Waals surface area contributed by atoms with Crippen molar-refractivity contribution >= 4 is 10.0 Å². The summed E-state index contributed by atoms with van der Waals surface area (Å²) < 4.78 is 48.8. The van der Waals surface area contributed by atoms with Gasteiger partial charge in [0.05, 0.1) is 6.54 Å². The number of aromatic nitrogens is 1. The fourth-order valence-corrected chi connectivity index (χ4v) is 2.03. The predicted molar refractivity (Wildman–Crippen MR) is 59.4 cm³/mol. The molecule has 0 amide bonds. The van der Waals surface area contributed by atoms with Crippen molar-refractivity contribution in [3.8, 4) is 11.8 Å². The first-order chi connectivity index (χ1) is 8.45. The van der Waals surface area contributed by atoms with E-state index in [4.69, 9.17) is 5.11 Å². The minimum atomic E-state index is -4.03. The van der Waals surface area contributed by atoms with Gasteiger partial charge in [0.25, 0.3) is 6.43 Å². The minimum Gasteiger partial charge on any atom is -0.384 e. The first-order valence-electron chi connectivity index (χ1n) is 4.78. The average Bonchev–Trinajstić information content (AvgIpc) is 2.34. The Kier molecular flexibility index (Phi) is 5.15. The van der Waals surface area contributed by atoms with Crippen molar-refractivity contribution in [2.75, 3.05) is 13.2 Å². The van der Waals surface area contributed by atoms with E-state index in [1.807, 2.05) is 0 Å². The minimum absolute atomic E-state index is 0.257. The van der Waals surface area contributed by atoms with Gasteiger partial charge in [-0.05, 0) is 6.07 Å². The van der Waals surface area contributed by atoms with Gasteiger partial charge in [-0.15, -0.1) is 0 Å². The summed E-state index contributed by atoms with van der Waals surface area (Å²) in [5.41, 5.74) is 0.268. The van der Waals surface area contributed by atoms with Crippen LogP contribution in [-0.2, 0) is 10.0 Å². The number of halogens is 2. The molecule has 0 bridgehead atoms. The van der Waals surface area contributed by atoms with Crippen molar-refractivity contribution in [1.82, 2.24) is 9.71 Å². The van der Waals surface area contributed by atoms with E-state index < -0.39 is 23.0 Å². The third-order valence-electron chi connectivity index (χ3n) is 1.76. The van der Waals surface area contributed by atoms with Crippen LogP contribution in [0.3, 0.4) is 0 Å². The summed E-state index contributed by atoms with van der Waals surface area (Å²) in [6, 6.07) is 1.18. The smallest absolute Gasteiger partial charge is 0.251 e. The molecule has 8 heteroatoms. The zero-order valence-electron chi connectivity index (χ0n) is 9.10. The molecule has 0 saturated carbocycles. The molecule has 0 atom stereocenters. The van der Waals surface area contributed by atoms with E-state index in [2.05, 4.69) is 16.8 Å². The lowest BCUT2D eigenvalue weighted by Crippen LogP contribution is -2.28. The van der Waals surface area contributed by atoms with E-state index in [-0.39, 0.29) is 17.1 Å². The van der Waals surface area contributed by atoms with Crippen LogP contribution in [0.15, 0.2) is 23.4 Å². The van der Waals surface area contributed by atoms with Gasteiger partial charge in [-0.1, -0.05) is 11.8 Å². The normalized spacial score (nSPS) is 11.1. The highest BCUT2D eigenvalue weighted by atomic mass is 32.2. The second kappa shape index (κ2) is 6.39. The molecule has 0 aliphatic rings. The number of nitrogens with zero attached hydrogens (tertiary/aromatic N) is 1. The highest BCUT2D eigenvalue weighted by molar-refractivity contribution is 7.89. The number of nitrogens with one attached hydrogen (secondary N) is 1. The molecule has 0 fully saturated rings. The van der Waals surface area contributed by atoms with Crippen LogP contribution in [0.5, 0.6) is 0 Å². The quantitative estimate of drug-likeness (QED) is 0.757. The van der Waals surface area contributed by atoms with Gasteiger partial charge in [0, 0.05) is 18.0 Å². The number of aliphatic hydroxyl groups is 1. The van der Waals surface area contributed by atoms with Crippen LogP contribution < -0.4 is 4.72 Å². The molecule has 0 spiro atoms. The molecule has 1 aromatic rings. The molecule has 0 radical (unpaired) electrons. The number of alkyl halides is 2. The summed E-state index contributed by atoms with van der Waals surface area (Å²) in [4.78, 5) is 3.38. The molecule has 0 aliphatic heterocycles. The van der Waals surface area contributed by atoms with Gasteiger partial charge in [0.2, 0.25) is 10.0 Å². The number of sulfonamides is 1. The molecule has 0 unspecified atom stereocenters. The van der Waals surface area contributed by atoms with E-state index in [0.29, 0.717) is 0 Å². The summed E-state index contributed by atoms with van der Waals surface area (Å²) in [5, 5.41) is 8.49. The fourth-order valence-electron chi connectivity index (χ4n) is 1.03. The molecule has 18 heavy (non-hydrogen) atoms. The average molecular weight is 276 g/mol. The van der Waals surface area contributed by atoms with Gasteiger partial charge < -0.3 is 5.11 Å². The highest BCUT2D eigenvalue weighted by Gasteiger charge is 2.16. The van der Waals surface area contributed by atoms with Crippen molar-refractivity contribution in [3.05, 3.63) is 24.0 Å². The summed E-state index contributed by atoms with van der Waals surface area (Å²) >= 11 is 0. The van der Waals surface area contributed by atoms with Crippen LogP contribution in [0.1, 0.15) is 5.56 Å². The zero-order valence-corrected chi connectivity index (χ0v) is 9.92. The summed E-state index contributed by atoms with van der Waals surface area (Å²) in [7, 11) is -4.03. The van der Waals surface area contributed by atoms with E-state index in [9.17, 15) is 17.2 Å². The Balaban J connectivity index is 2.95. The van der Waals surface area contributed by atoms with Gasteiger partial charge in [0.15, 0.2) is 0 Å². The van der Waals surface area contributed by atoms with Crippen molar-refractivity contribution in [2.24, 2.45) is 0 Å². The van der Waals surface area contributed by atoms with Crippen molar-refractivity contribution < 1.29 is 22.3 Å². The topological polar surface area (TPSA) is 79.3 Å². The maximum atomic E-state index is 11.9. The second-order valence-electron chi connectivity index (χ2n) is 3.11. The molecule has 1 rings (SSSR count). The van der Waals surface area contributed by atoms with E-state index in [1.54, 1.807) is 4.72 Å². The van der Waals surface area contributed by atoms with Crippen LogP contribution in [0.4, 0.5) is 8.78 Å². The molecular formula is C10H10F2N2O3S. The Labute approximate surface area is 103 Å². The van der Waals surface area contributed by atoms with Gasteiger partial charge in [0.1, 0.15) is 11.5 Å². The SMILES string of the molecule is O=S(=O)(NCC(F)F)c1cncc(C#CCO)c1. The number of hydrogen-bond acceptors (Lipinski definition) is 4. The number of rotatable bonds is 4. The van der Waals surface area contributed by atoms with Crippen LogP contribution in [0, 0.1) is 11.8 Å². The van der Waals surface area contributed by atoms with E-state index in [1.165, 1.54) is 12.3 Å². The Morgan fingerprint density at radius 1 is 1.44 bits per heavy atom. The molecule has 1 aromatic heterocycles. The monoisotopic (exact) mass is 276 g/mol. The largest absolute Gasteiger partial charge is 0.384 e. The lowest BCUT2D eigenvalue weighted by atomic mass is 10.3. The van der Waals surface area contributed by atoms with Gasteiger partial charge in [-0.3, -0.25) is 4.98 Å². The third kappa shape index (κ3) is 4.37. The zero-order chi connectivity index (χ0) is 13.6. The lowest BCUT2D eigenvalue weighted by molar-refractivity contribution is 0.153. The number of pyridine rings is 1. The first-order valence-corrected chi connectivity index (χ1v) is 6.26. The summed E-state index contributed by atoms with van der Waals surface area (Å²) in [5.74, 6) is 4.79.